The Kier molecular flexibility index (Phi) is 6.17. The minimum atomic E-state index is -1.16. The smallest absolute Gasteiger partial charge is 0.315 e. The third kappa shape index (κ3) is 4.83. The van der Waals surface area contributed by atoms with Gasteiger partial charge in [0.15, 0.2) is 0 Å². The number of rotatable bonds is 8. The van der Waals surface area contributed by atoms with Crippen LogP contribution < -0.4 is 10.1 Å². The van der Waals surface area contributed by atoms with Crippen LogP contribution in [0.25, 0.3) is 0 Å². The summed E-state index contributed by atoms with van der Waals surface area (Å²) in [7, 11) is 1.61. The van der Waals surface area contributed by atoms with Crippen molar-refractivity contribution in [3.05, 3.63) is 65.7 Å². The van der Waals surface area contributed by atoms with Gasteiger partial charge in [0.25, 0.3) is 0 Å². The Hall–Kier alpha value is -2.82. The van der Waals surface area contributed by atoms with Crippen molar-refractivity contribution in [1.82, 2.24) is 5.32 Å². The van der Waals surface area contributed by atoms with Gasteiger partial charge in [-0.15, -0.1) is 0 Å². The molecule has 0 aromatic heterocycles. The molecule has 2 aromatic rings. The molecule has 0 bridgehead atoms. The maximum Gasteiger partial charge on any atom is 0.315 e. The molecular weight excluding hydrogens is 318 g/mol. The Morgan fingerprint density at radius 2 is 1.72 bits per heavy atom. The van der Waals surface area contributed by atoms with Crippen molar-refractivity contribution in [3.8, 4) is 5.75 Å². The van der Waals surface area contributed by atoms with E-state index in [-0.39, 0.29) is 12.5 Å². The lowest BCUT2D eigenvalue weighted by molar-refractivity contribution is -0.143. The quantitative estimate of drug-likeness (QED) is 0.774. The minimum Gasteiger partial charge on any atom is -0.497 e. The molecule has 0 aliphatic carbocycles. The van der Waals surface area contributed by atoms with Crippen LogP contribution in [0.1, 0.15) is 24.5 Å². The van der Waals surface area contributed by atoms with Crippen LogP contribution in [0.5, 0.6) is 5.75 Å². The third-order valence-corrected chi connectivity index (χ3v) is 4.32. The first-order valence-electron chi connectivity index (χ1n) is 8.14. The van der Waals surface area contributed by atoms with Crippen LogP contribution in [0.2, 0.25) is 0 Å². The maximum atomic E-state index is 12.1. The summed E-state index contributed by atoms with van der Waals surface area (Å²) in [4.78, 5) is 23.8. The fourth-order valence-corrected chi connectivity index (χ4v) is 2.52. The fourth-order valence-electron chi connectivity index (χ4n) is 2.52. The Balaban J connectivity index is 1.91. The van der Waals surface area contributed by atoms with Crippen molar-refractivity contribution in [2.75, 3.05) is 13.7 Å². The van der Waals surface area contributed by atoms with E-state index in [1.807, 2.05) is 30.3 Å². The number of carboxylic acid groups (broad SMARTS) is 1. The number of benzene rings is 2. The zero-order chi connectivity index (χ0) is 18.3. The number of nitrogens with one attached hydrogen (secondary N) is 1. The summed E-state index contributed by atoms with van der Waals surface area (Å²) in [6.07, 6.45) is 0.891. The van der Waals surface area contributed by atoms with Gasteiger partial charge < -0.3 is 15.2 Å². The van der Waals surface area contributed by atoms with E-state index in [9.17, 15) is 14.7 Å². The molecule has 25 heavy (non-hydrogen) atoms. The van der Waals surface area contributed by atoms with E-state index in [1.54, 1.807) is 38.3 Å². The number of ether oxygens (including phenoxy) is 1. The highest BCUT2D eigenvalue weighted by Crippen LogP contribution is 2.23. The number of carbonyl (C=O) groups is 2. The molecular formula is C20H23NO4. The molecule has 1 atom stereocenters. The lowest BCUT2D eigenvalue weighted by atomic mass is 9.82. The van der Waals surface area contributed by atoms with Crippen molar-refractivity contribution >= 4 is 11.9 Å². The highest BCUT2D eigenvalue weighted by molar-refractivity contribution is 5.83. The summed E-state index contributed by atoms with van der Waals surface area (Å²) in [5, 5.41) is 12.3. The van der Waals surface area contributed by atoms with Crippen molar-refractivity contribution in [2.24, 2.45) is 0 Å². The van der Waals surface area contributed by atoms with Crippen molar-refractivity contribution < 1.29 is 19.4 Å². The molecule has 2 N–H and O–H groups in total. The first-order valence-corrected chi connectivity index (χ1v) is 8.14. The van der Waals surface area contributed by atoms with Gasteiger partial charge in [-0.2, -0.15) is 0 Å². The normalized spacial score (nSPS) is 12.9. The first-order chi connectivity index (χ1) is 12.0. The maximum absolute atomic E-state index is 12.1. The predicted octanol–water partition coefficient (Wildman–Crippen LogP) is 2.79. The molecule has 0 spiro atoms. The summed E-state index contributed by atoms with van der Waals surface area (Å²) in [6, 6.07) is 16.5. The standard InChI is InChI=1S/C20H23NO4/c1-20(19(23)24,16-6-4-3-5-7-16)14-21-18(22)13-10-15-8-11-17(25-2)12-9-15/h3-9,11-12H,10,13-14H2,1-2H3,(H,21,22)(H,23,24). The van der Waals surface area contributed by atoms with E-state index in [1.165, 1.54) is 0 Å². The summed E-state index contributed by atoms with van der Waals surface area (Å²) in [5.41, 5.74) is 0.537. The number of carbonyl (C=O) groups excluding carboxylic acids is 1. The largest absolute Gasteiger partial charge is 0.497 e. The molecule has 5 nitrogen and oxygen atoms in total. The SMILES string of the molecule is COc1ccc(CCC(=O)NCC(C)(C(=O)O)c2ccccc2)cc1. The van der Waals surface area contributed by atoms with E-state index in [2.05, 4.69) is 5.32 Å². The molecule has 132 valence electrons. The van der Waals surface area contributed by atoms with Crippen LogP contribution in [0.15, 0.2) is 54.6 Å². The van der Waals surface area contributed by atoms with Crippen LogP contribution in [0.3, 0.4) is 0 Å². The molecule has 1 amide bonds. The van der Waals surface area contributed by atoms with E-state index in [0.717, 1.165) is 11.3 Å². The average Bonchev–Trinajstić information content (AvgIpc) is 2.65. The topological polar surface area (TPSA) is 75.6 Å². The molecule has 0 aliphatic rings. The summed E-state index contributed by atoms with van der Waals surface area (Å²) in [6.45, 7) is 1.67. The summed E-state index contributed by atoms with van der Waals surface area (Å²) < 4.78 is 5.10. The van der Waals surface area contributed by atoms with Gasteiger partial charge in [0.2, 0.25) is 5.91 Å². The molecule has 0 fully saturated rings. The number of hydrogen-bond donors (Lipinski definition) is 2. The van der Waals surface area contributed by atoms with Gasteiger partial charge in [-0.1, -0.05) is 42.5 Å². The number of amides is 1. The highest BCUT2D eigenvalue weighted by Gasteiger charge is 2.35. The van der Waals surface area contributed by atoms with Crippen molar-refractivity contribution in [3.63, 3.8) is 0 Å². The summed E-state index contributed by atoms with van der Waals surface area (Å²) >= 11 is 0. The number of aliphatic carboxylic acids is 1. The lowest BCUT2D eigenvalue weighted by Crippen LogP contribution is -2.44. The van der Waals surface area contributed by atoms with Gasteiger partial charge in [0, 0.05) is 13.0 Å². The van der Waals surface area contributed by atoms with Gasteiger partial charge >= 0.3 is 5.97 Å². The molecule has 2 aromatic carbocycles. The Morgan fingerprint density at radius 1 is 1.08 bits per heavy atom. The van der Waals surface area contributed by atoms with Gasteiger partial charge in [-0.25, -0.2) is 0 Å². The lowest BCUT2D eigenvalue weighted by Gasteiger charge is -2.25. The van der Waals surface area contributed by atoms with E-state index in [4.69, 9.17) is 4.74 Å². The Labute approximate surface area is 147 Å². The second-order valence-corrected chi connectivity index (χ2v) is 6.13. The second-order valence-electron chi connectivity index (χ2n) is 6.13. The molecule has 0 saturated carbocycles. The summed E-state index contributed by atoms with van der Waals surface area (Å²) in [5.74, 6) is -0.360. The highest BCUT2D eigenvalue weighted by atomic mass is 16.5. The molecule has 5 heteroatoms. The van der Waals surface area contributed by atoms with Crippen molar-refractivity contribution in [2.45, 2.75) is 25.2 Å². The molecule has 0 heterocycles. The second kappa shape index (κ2) is 8.33. The molecule has 1 unspecified atom stereocenters. The number of methoxy groups -OCH3 is 1. The Bertz CT molecular complexity index is 712. The van der Waals surface area contributed by atoms with Gasteiger partial charge in [-0.3, -0.25) is 9.59 Å². The predicted molar refractivity (Wildman–Crippen MR) is 95.8 cm³/mol. The minimum absolute atomic E-state index is 0.0494. The molecule has 2 rings (SSSR count). The third-order valence-electron chi connectivity index (χ3n) is 4.32. The number of hydrogen-bond acceptors (Lipinski definition) is 3. The zero-order valence-electron chi connectivity index (χ0n) is 14.5. The van der Waals surface area contributed by atoms with Gasteiger partial charge in [-0.05, 0) is 36.6 Å². The van der Waals surface area contributed by atoms with Crippen LogP contribution in [0.4, 0.5) is 0 Å². The monoisotopic (exact) mass is 341 g/mol. The molecule has 0 radical (unpaired) electrons. The number of aryl methyl sites for hydroxylation is 1. The van der Waals surface area contributed by atoms with Crippen LogP contribution in [-0.4, -0.2) is 30.6 Å². The Morgan fingerprint density at radius 3 is 2.28 bits per heavy atom. The zero-order valence-corrected chi connectivity index (χ0v) is 14.5. The molecule has 0 aliphatic heterocycles. The van der Waals surface area contributed by atoms with Gasteiger partial charge in [0.1, 0.15) is 11.2 Å². The van der Waals surface area contributed by atoms with E-state index in [0.29, 0.717) is 18.4 Å². The van der Waals surface area contributed by atoms with E-state index >= 15 is 0 Å². The van der Waals surface area contributed by atoms with Crippen LogP contribution in [0, 0.1) is 0 Å². The van der Waals surface area contributed by atoms with Crippen LogP contribution in [-0.2, 0) is 21.4 Å². The van der Waals surface area contributed by atoms with Crippen molar-refractivity contribution in [1.29, 1.82) is 0 Å². The van der Waals surface area contributed by atoms with Gasteiger partial charge in [0.05, 0.1) is 7.11 Å². The molecule has 0 saturated heterocycles. The number of carboxylic acids is 1. The average molecular weight is 341 g/mol. The van der Waals surface area contributed by atoms with E-state index < -0.39 is 11.4 Å². The first kappa shape index (κ1) is 18.5. The fraction of sp³-hybridized carbons (Fsp3) is 0.300. The van der Waals surface area contributed by atoms with Crippen LogP contribution >= 0.6 is 0 Å².